The summed E-state index contributed by atoms with van der Waals surface area (Å²) in [4.78, 5) is 11.9. The fourth-order valence-electron chi connectivity index (χ4n) is 2.32. The lowest BCUT2D eigenvalue weighted by atomic mass is 10.1. The fraction of sp³-hybridized carbons (Fsp3) is 0.429. The van der Waals surface area contributed by atoms with Crippen LogP contribution in [0.3, 0.4) is 0 Å². The summed E-state index contributed by atoms with van der Waals surface area (Å²) in [6.45, 7) is 6.26. The van der Waals surface area contributed by atoms with Gasteiger partial charge in [-0.3, -0.25) is 4.68 Å². The van der Waals surface area contributed by atoms with Crippen LogP contribution in [0.15, 0.2) is 22.8 Å². The Kier molecular flexibility index (Phi) is 4.12. The van der Waals surface area contributed by atoms with E-state index in [4.69, 9.17) is 4.42 Å². The van der Waals surface area contributed by atoms with Gasteiger partial charge in [-0.15, -0.1) is 0 Å². The van der Waals surface area contributed by atoms with Crippen molar-refractivity contribution < 1.29 is 9.21 Å². The summed E-state index contributed by atoms with van der Waals surface area (Å²) >= 11 is 0. The Morgan fingerprint density at radius 2 is 2.25 bits per heavy atom. The Bertz CT molecular complexity index is 587. The molecule has 6 heteroatoms. The predicted molar refractivity (Wildman–Crippen MR) is 75.2 cm³/mol. The standard InChI is InChI=1S/C14H20N4O2/c1-9(13-10(2)17-18(4)11(13)3)16-14(19)15-8-12-6-5-7-20-12/h5-7,9H,8H2,1-4H3,(H2,15,16,19). The number of aromatic nitrogens is 2. The van der Waals surface area contributed by atoms with Crippen molar-refractivity contribution in [2.45, 2.75) is 33.4 Å². The minimum absolute atomic E-state index is 0.0969. The molecule has 2 N–H and O–H groups in total. The Labute approximate surface area is 118 Å². The normalized spacial score (nSPS) is 12.2. The van der Waals surface area contributed by atoms with Crippen LogP contribution in [0.4, 0.5) is 4.79 Å². The van der Waals surface area contributed by atoms with Crippen LogP contribution in [-0.2, 0) is 13.6 Å². The van der Waals surface area contributed by atoms with E-state index in [1.54, 1.807) is 12.3 Å². The summed E-state index contributed by atoms with van der Waals surface area (Å²) in [5.41, 5.74) is 3.05. The van der Waals surface area contributed by atoms with Crippen LogP contribution in [0.5, 0.6) is 0 Å². The van der Waals surface area contributed by atoms with E-state index >= 15 is 0 Å². The number of hydrogen-bond donors (Lipinski definition) is 2. The average Bonchev–Trinajstić information content (AvgIpc) is 2.96. The molecule has 0 aromatic carbocycles. The van der Waals surface area contributed by atoms with E-state index in [9.17, 15) is 4.79 Å². The van der Waals surface area contributed by atoms with Crippen LogP contribution in [0.1, 0.15) is 35.7 Å². The van der Waals surface area contributed by atoms with Gasteiger partial charge in [0.05, 0.1) is 24.5 Å². The summed E-state index contributed by atoms with van der Waals surface area (Å²) in [5, 5.41) is 10.0. The largest absolute Gasteiger partial charge is 0.467 e. The molecular formula is C14H20N4O2. The van der Waals surface area contributed by atoms with Crippen LogP contribution < -0.4 is 10.6 Å². The maximum absolute atomic E-state index is 11.9. The third kappa shape index (κ3) is 3.01. The second kappa shape index (κ2) is 5.81. The maximum atomic E-state index is 11.9. The summed E-state index contributed by atoms with van der Waals surface area (Å²) in [5.74, 6) is 0.724. The zero-order chi connectivity index (χ0) is 14.7. The van der Waals surface area contributed by atoms with E-state index in [1.165, 1.54) is 0 Å². The molecule has 0 aliphatic carbocycles. The molecule has 0 saturated heterocycles. The van der Waals surface area contributed by atoms with Gasteiger partial charge in [-0.1, -0.05) is 0 Å². The summed E-state index contributed by atoms with van der Waals surface area (Å²) in [6, 6.07) is 3.29. The lowest BCUT2D eigenvalue weighted by Crippen LogP contribution is -2.36. The van der Waals surface area contributed by atoms with Gasteiger partial charge < -0.3 is 15.1 Å². The number of nitrogens with zero attached hydrogens (tertiary/aromatic N) is 2. The molecule has 2 aromatic rings. The van der Waals surface area contributed by atoms with Gasteiger partial charge in [0, 0.05) is 18.3 Å². The third-order valence-electron chi connectivity index (χ3n) is 3.35. The van der Waals surface area contributed by atoms with Gasteiger partial charge in [0.1, 0.15) is 5.76 Å². The van der Waals surface area contributed by atoms with Crippen molar-refractivity contribution in [1.82, 2.24) is 20.4 Å². The van der Waals surface area contributed by atoms with Gasteiger partial charge in [-0.2, -0.15) is 5.10 Å². The Hall–Kier alpha value is -2.24. The highest BCUT2D eigenvalue weighted by atomic mass is 16.3. The molecule has 6 nitrogen and oxygen atoms in total. The molecule has 2 amide bonds. The first-order valence-corrected chi connectivity index (χ1v) is 6.56. The monoisotopic (exact) mass is 276 g/mol. The maximum Gasteiger partial charge on any atom is 0.315 e. The molecule has 0 spiro atoms. The van der Waals surface area contributed by atoms with Crippen LogP contribution in [-0.4, -0.2) is 15.8 Å². The van der Waals surface area contributed by atoms with Gasteiger partial charge in [-0.25, -0.2) is 4.79 Å². The van der Waals surface area contributed by atoms with Gasteiger partial charge in [-0.05, 0) is 32.9 Å². The zero-order valence-electron chi connectivity index (χ0n) is 12.2. The predicted octanol–water partition coefficient (Wildman–Crippen LogP) is 2.19. The molecule has 1 unspecified atom stereocenters. The van der Waals surface area contributed by atoms with Crippen molar-refractivity contribution in [2.24, 2.45) is 7.05 Å². The van der Waals surface area contributed by atoms with Crippen molar-refractivity contribution in [3.63, 3.8) is 0 Å². The highest BCUT2D eigenvalue weighted by Gasteiger charge is 2.17. The van der Waals surface area contributed by atoms with Gasteiger partial charge in [0.15, 0.2) is 0 Å². The topological polar surface area (TPSA) is 72.1 Å². The number of hydrogen-bond acceptors (Lipinski definition) is 3. The van der Waals surface area contributed by atoms with Gasteiger partial charge in [0.2, 0.25) is 0 Å². The zero-order valence-corrected chi connectivity index (χ0v) is 12.2. The molecule has 108 valence electrons. The highest BCUT2D eigenvalue weighted by Crippen LogP contribution is 2.20. The smallest absolute Gasteiger partial charge is 0.315 e. The molecular weight excluding hydrogens is 256 g/mol. The average molecular weight is 276 g/mol. The number of aryl methyl sites for hydroxylation is 2. The van der Waals surface area contributed by atoms with Crippen molar-refractivity contribution in [1.29, 1.82) is 0 Å². The van der Waals surface area contributed by atoms with Crippen molar-refractivity contribution in [3.8, 4) is 0 Å². The minimum Gasteiger partial charge on any atom is -0.467 e. The van der Waals surface area contributed by atoms with Crippen molar-refractivity contribution in [3.05, 3.63) is 41.1 Å². The van der Waals surface area contributed by atoms with E-state index in [1.807, 2.05) is 38.6 Å². The van der Waals surface area contributed by atoms with Crippen molar-refractivity contribution >= 4 is 6.03 Å². The summed E-state index contributed by atoms with van der Waals surface area (Å²) < 4.78 is 6.98. The first kappa shape index (κ1) is 14.2. The molecule has 2 heterocycles. The SMILES string of the molecule is Cc1nn(C)c(C)c1C(C)NC(=O)NCc1ccco1. The van der Waals surface area contributed by atoms with E-state index in [-0.39, 0.29) is 12.1 Å². The molecule has 0 aliphatic rings. The van der Waals surface area contributed by atoms with E-state index in [0.29, 0.717) is 6.54 Å². The molecule has 0 bridgehead atoms. The number of carbonyl (C=O) groups excluding carboxylic acids is 1. The summed E-state index contributed by atoms with van der Waals surface area (Å²) in [7, 11) is 1.90. The Morgan fingerprint density at radius 1 is 1.50 bits per heavy atom. The van der Waals surface area contributed by atoms with E-state index in [2.05, 4.69) is 15.7 Å². The molecule has 0 aliphatic heterocycles. The quantitative estimate of drug-likeness (QED) is 0.899. The molecule has 2 aromatic heterocycles. The highest BCUT2D eigenvalue weighted by molar-refractivity contribution is 5.74. The number of nitrogens with one attached hydrogen (secondary N) is 2. The lowest BCUT2D eigenvalue weighted by Gasteiger charge is -2.15. The Balaban J connectivity index is 1.93. The van der Waals surface area contributed by atoms with Crippen LogP contribution in [0, 0.1) is 13.8 Å². The second-order valence-electron chi connectivity index (χ2n) is 4.84. The second-order valence-corrected chi connectivity index (χ2v) is 4.84. The van der Waals surface area contributed by atoms with Gasteiger partial charge >= 0.3 is 6.03 Å². The van der Waals surface area contributed by atoms with Crippen molar-refractivity contribution in [2.75, 3.05) is 0 Å². The van der Waals surface area contributed by atoms with Gasteiger partial charge in [0.25, 0.3) is 0 Å². The lowest BCUT2D eigenvalue weighted by molar-refractivity contribution is 0.236. The fourth-order valence-corrected chi connectivity index (χ4v) is 2.32. The first-order chi connectivity index (χ1) is 9.49. The number of carbonyl (C=O) groups is 1. The number of rotatable bonds is 4. The Morgan fingerprint density at radius 3 is 2.80 bits per heavy atom. The minimum atomic E-state index is -0.225. The van der Waals surface area contributed by atoms with E-state index in [0.717, 1.165) is 22.7 Å². The molecule has 0 saturated carbocycles. The summed E-state index contributed by atoms with van der Waals surface area (Å²) in [6.07, 6.45) is 1.58. The molecule has 1 atom stereocenters. The molecule has 0 fully saturated rings. The van der Waals surface area contributed by atoms with Crippen LogP contribution >= 0.6 is 0 Å². The molecule has 20 heavy (non-hydrogen) atoms. The number of amides is 2. The number of urea groups is 1. The molecule has 2 rings (SSSR count). The van der Waals surface area contributed by atoms with E-state index < -0.39 is 0 Å². The first-order valence-electron chi connectivity index (χ1n) is 6.56. The molecule has 0 radical (unpaired) electrons. The van der Waals surface area contributed by atoms with Crippen LogP contribution in [0.25, 0.3) is 0 Å². The van der Waals surface area contributed by atoms with Crippen LogP contribution in [0.2, 0.25) is 0 Å². The third-order valence-corrected chi connectivity index (χ3v) is 3.35. The number of furan rings is 1.